The molecule has 1 N–H and O–H groups in total. The molecule has 11 heteroatoms. The molecule has 0 saturated heterocycles. The van der Waals surface area contributed by atoms with Crippen molar-refractivity contribution in [2.75, 3.05) is 6.61 Å². The molecular weight excluding hydrogens is 488 g/mol. The van der Waals surface area contributed by atoms with Crippen molar-refractivity contribution in [2.45, 2.75) is 38.5 Å². The van der Waals surface area contributed by atoms with Crippen LogP contribution in [0.15, 0.2) is 63.0 Å². The number of hydrazone groups is 1. The van der Waals surface area contributed by atoms with Gasteiger partial charge in [0.05, 0.1) is 12.2 Å². The molecule has 0 saturated carbocycles. The van der Waals surface area contributed by atoms with Gasteiger partial charge in [0.15, 0.2) is 17.3 Å². The topological polar surface area (TPSA) is 121 Å². The van der Waals surface area contributed by atoms with Gasteiger partial charge < -0.3 is 8.92 Å². The molecule has 0 aromatic heterocycles. The number of nitrogens with zero attached hydrogens (tertiary/aromatic N) is 3. The van der Waals surface area contributed by atoms with Crippen molar-refractivity contribution in [3.8, 4) is 11.5 Å². The number of nitrogens with one attached hydrogen (secondary N) is 1. The second-order valence-electron chi connectivity index (χ2n) is 7.75. The van der Waals surface area contributed by atoms with Crippen LogP contribution in [-0.4, -0.2) is 42.0 Å². The van der Waals surface area contributed by atoms with Crippen LogP contribution in [0.2, 0.25) is 0 Å². The van der Waals surface area contributed by atoms with E-state index in [1.165, 1.54) is 41.0 Å². The summed E-state index contributed by atoms with van der Waals surface area (Å²) in [6, 6.07) is 10.9. The number of benzene rings is 2. The Hall–Kier alpha value is -3.44. The van der Waals surface area contributed by atoms with E-state index >= 15 is 0 Å². The van der Waals surface area contributed by atoms with E-state index < -0.39 is 16.0 Å². The van der Waals surface area contributed by atoms with E-state index in [9.17, 15) is 13.2 Å². The molecule has 0 spiro atoms. The Balaban J connectivity index is 1.63. The molecule has 2 aromatic rings. The van der Waals surface area contributed by atoms with Crippen molar-refractivity contribution in [3.05, 3.63) is 59.2 Å². The van der Waals surface area contributed by atoms with E-state index in [4.69, 9.17) is 14.3 Å². The van der Waals surface area contributed by atoms with Crippen LogP contribution in [0.25, 0.3) is 6.08 Å². The number of carbonyl (C=O) groups excluding carboxylic acids is 1. The standard InChI is InChI=1S/C24H24N4O5S2/c1-4-6-21-27-28-22(25)18(23(29)26-24(28)34-21)13-16-9-12-19(20(14-16)32-5-2)33-35(30,31)17-10-7-15(3)8-11-17/h7-14,25H,4-6H2,1-3H3/b18-13-,25-22?. The van der Waals surface area contributed by atoms with Gasteiger partial charge in [0.2, 0.25) is 5.17 Å². The monoisotopic (exact) mass is 512 g/mol. The van der Waals surface area contributed by atoms with Crippen LogP contribution in [0.3, 0.4) is 0 Å². The van der Waals surface area contributed by atoms with Gasteiger partial charge in [0.1, 0.15) is 9.94 Å². The fraction of sp³-hybridized carbons (Fsp3) is 0.250. The van der Waals surface area contributed by atoms with E-state index in [-0.39, 0.29) is 34.4 Å². The van der Waals surface area contributed by atoms with Gasteiger partial charge in [-0.05, 0) is 74.4 Å². The number of rotatable bonds is 8. The highest BCUT2D eigenvalue weighted by Gasteiger charge is 2.35. The number of amides is 1. The number of aliphatic imine (C=N–C) groups is 1. The van der Waals surface area contributed by atoms with Crippen LogP contribution in [0, 0.1) is 12.3 Å². The Labute approximate surface area is 208 Å². The molecule has 182 valence electrons. The van der Waals surface area contributed by atoms with E-state index in [0.717, 1.165) is 23.4 Å². The largest absolute Gasteiger partial charge is 0.490 e. The smallest absolute Gasteiger partial charge is 0.339 e. The average molecular weight is 513 g/mol. The predicted molar refractivity (Wildman–Crippen MR) is 137 cm³/mol. The van der Waals surface area contributed by atoms with Crippen molar-refractivity contribution in [2.24, 2.45) is 10.1 Å². The maximum atomic E-state index is 12.7. The summed E-state index contributed by atoms with van der Waals surface area (Å²) in [6.45, 7) is 5.92. The molecule has 4 rings (SSSR count). The van der Waals surface area contributed by atoms with Crippen molar-refractivity contribution in [1.29, 1.82) is 5.41 Å². The summed E-state index contributed by atoms with van der Waals surface area (Å²) in [6.07, 6.45) is 3.14. The molecule has 9 nitrogen and oxygen atoms in total. The van der Waals surface area contributed by atoms with E-state index in [0.29, 0.717) is 10.7 Å². The number of fused-ring (bicyclic) bond motifs is 1. The Morgan fingerprint density at radius 1 is 1.11 bits per heavy atom. The van der Waals surface area contributed by atoms with Gasteiger partial charge in [-0.3, -0.25) is 10.2 Å². The summed E-state index contributed by atoms with van der Waals surface area (Å²) in [5.74, 6) is -0.401. The highest BCUT2D eigenvalue weighted by Crippen LogP contribution is 2.34. The van der Waals surface area contributed by atoms with Gasteiger partial charge in [-0.2, -0.15) is 23.5 Å². The van der Waals surface area contributed by atoms with Crippen molar-refractivity contribution < 1.29 is 22.1 Å². The lowest BCUT2D eigenvalue weighted by Gasteiger charge is -2.20. The van der Waals surface area contributed by atoms with Crippen molar-refractivity contribution in [1.82, 2.24) is 5.01 Å². The minimum Gasteiger partial charge on any atom is -0.490 e. The predicted octanol–water partition coefficient (Wildman–Crippen LogP) is 4.58. The number of ether oxygens (including phenoxy) is 1. The van der Waals surface area contributed by atoms with E-state index in [1.54, 1.807) is 31.2 Å². The second kappa shape index (κ2) is 10.0. The second-order valence-corrected chi connectivity index (χ2v) is 10.3. The van der Waals surface area contributed by atoms with Gasteiger partial charge in [-0.25, -0.2) is 0 Å². The lowest BCUT2D eigenvalue weighted by molar-refractivity contribution is -0.114. The zero-order valence-corrected chi connectivity index (χ0v) is 21.1. The fourth-order valence-corrected chi connectivity index (χ4v) is 5.26. The minimum atomic E-state index is -4.07. The Morgan fingerprint density at radius 3 is 2.54 bits per heavy atom. The number of carbonyl (C=O) groups is 1. The summed E-state index contributed by atoms with van der Waals surface area (Å²) in [7, 11) is -4.07. The third kappa shape index (κ3) is 5.30. The zero-order chi connectivity index (χ0) is 25.2. The van der Waals surface area contributed by atoms with Gasteiger partial charge >= 0.3 is 10.1 Å². The quantitative estimate of drug-likeness (QED) is 0.406. The first-order valence-electron chi connectivity index (χ1n) is 11.0. The first kappa shape index (κ1) is 24.7. The lowest BCUT2D eigenvalue weighted by atomic mass is 10.1. The third-order valence-electron chi connectivity index (χ3n) is 5.05. The van der Waals surface area contributed by atoms with Gasteiger partial charge in [-0.15, -0.1) is 0 Å². The minimum absolute atomic E-state index is 0.0182. The van der Waals surface area contributed by atoms with Crippen LogP contribution < -0.4 is 8.92 Å². The van der Waals surface area contributed by atoms with Crippen LogP contribution >= 0.6 is 11.8 Å². The average Bonchev–Trinajstić information content (AvgIpc) is 3.21. The summed E-state index contributed by atoms with van der Waals surface area (Å²) in [5.41, 5.74) is 1.51. The molecule has 2 aromatic carbocycles. The Bertz CT molecular complexity index is 1380. The number of thioether (sulfide) groups is 1. The SMILES string of the molecule is CCCC1=NN2C(=N)/C(=C/c3ccc(OS(=O)(=O)c4ccc(C)cc4)c(OCC)c3)C(=O)N=C2S1. The van der Waals surface area contributed by atoms with Gasteiger partial charge in [0.25, 0.3) is 5.91 Å². The highest BCUT2D eigenvalue weighted by atomic mass is 32.2. The first-order chi connectivity index (χ1) is 16.7. The molecule has 1 amide bonds. The molecule has 2 aliphatic heterocycles. The molecule has 0 bridgehead atoms. The maximum Gasteiger partial charge on any atom is 0.339 e. The molecule has 0 aliphatic carbocycles. The number of amidine groups is 2. The van der Waals surface area contributed by atoms with Crippen molar-refractivity contribution in [3.63, 3.8) is 0 Å². The van der Waals surface area contributed by atoms with E-state index in [1.807, 2.05) is 13.8 Å². The lowest BCUT2D eigenvalue weighted by Crippen LogP contribution is -2.35. The van der Waals surface area contributed by atoms with E-state index in [2.05, 4.69) is 10.1 Å². The zero-order valence-electron chi connectivity index (χ0n) is 19.4. The Morgan fingerprint density at radius 2 is 1.86 bits per heavy atom. The summed E-state index contributed by atoms with van der Waals surface area (Å²) < 4.78 is 36.4. The van der Waals surface area contributed by atoms with Gasteiger partial charge in [-0.1, -0.05) is 30.7 Å². The highest BCUT2D eigenvalue weighted by molar-refractivity contribution is 8.26. The molecule has 2 aliphatic rings. The van der Waals surface area contributed by atoms with Gasteiger partial charge in [0, 0.05) is 0 Å². The number of aryl methyl sites for hydroxylation is 1. The van der Waals surface area contributed by atoms with Crippen LogP contribution in [-0.2, 0) is 14.9 Å². The van der Waals surface area contributed by atoms with Crippen LogP contribution in [0.4, 0.5) is 0 Å². The summed E-state index contributed by atoms with van der Waals surface area (Å²) >= 11 is 1.29. The molecule has 0 unspecified atom stereocenters. The number of hydrogen-bond donors (Lipinski definition) is 1. The maximum absolute atomic E-state index is 12.7. The molecular formula is C24H24N4O5S2. The summed E-state index contributed by atoms with van der Waals surface area (Å²) in [4.78, 5) is 16.7. The number of hydrogen-bond acceptors (Lipinski definition) is 8. The normalized spacial score (nSPS) is 16.8. The molecule has 2 heterocycles. The van der Waals surface area contributed by atoms with Crippen LogP contribution in [0.5, 0.6) is 11.5 Å². The fourth-order valence-electron chi connectivity index (χ4n) is 3.34. The van der Waals surface area contributed by atoms with Crippen LogP contribution in [0.1, 0.15) is 37.8 Å². The third-order valence-corrected chi connectivity index (χ3v) is 7.26. The van der Waals surface area contributed by atoms with Crippen molar-refractivity contribution >= 4 is 49.9 Å². The molecule has 0 radical (unpaired) electrons. The first-order valence-corrected chi connectivity index (χ1v) is 13.2. The summed E-state index contributed by atoms with van der Waals surface area (Å²) in [5, 5.41) is 15.4. The molecule has 0 atom stereocenters. The molecule has 35 heavy (non-hydrogen) atoms. The molecule has 0 fully saturated rings. The Kier molecular flexibility index (Phi) is 7.08.